The number of aromatic hydroxyl groups is 1. The largest absolute Gasteiger partial charge is 0.507 e. The quantitative estimate of drug-likeness (QED) is 0.623. The number of benzene rings is 1. The standard InChI is InChI=1S/C18H13N3O4/c19-5-7-21(8-6-20)11-14-15(22)4-3-13-17(23)16(25-18(13)14)10-12-2-1-9-24-12/h1-4,9-10,22H,7-8,11H2/p+1/b16-10+. The molecule has 1 aromatic heterocycles. The van der Waals surface area contributed by atoms with Crippen LogP contribution >= 0.6 is 0 Å². The minimum Gasteiger partial charge on any atom is -0.507 e. The lowest BCUT2D eigenvalue weighted by atomic mass is 10.0. The molecule has 0 aliphatic carbocycles. The van der Waals surface area contributed by atoms with Gasteiger partial charge in [0.05, 0.1) is 17.4 Å². The molecule has 7 nitrogen and oxygen atoms in total. The minimum atomic E-state index is -0.310. The number of hydrogen-bond donors (Lipinski definition) is 2. The van der Waals surface area contributed by atoms with E-state index in [9.17, 15) is 9.90 Å². The predicted octanol–water partition coefficient (Wildman–Crippen LogP) is 1.03. The summed E-state index contributed by atoms with van der Waals surface area (Å²) in [4.78, 5) is 13.1. The van der Waals surface area contributed by atoms with Crippen molar-refractivity contribution in [1.29, 1.82) is 10.5 Å². The van der Waals surface area contributed by atoms with Gasteiger partial charge in [0.2, 0.25) is 5.78 Å². The molecule has 0 saturated carbocycles. The van der Waals surface area contributed by atoms with Crippen LogP contribution < -0.4 is 9.64 Å². The smallest absolute Gasteiger partial charge is 0.232 e. The molecule has 0 atom stereocenters. The number of ketones is 1. The Morgan fingerprint density at radius 3 is 2.60 bits per heavy atom. The van der Waals surface area contributed by atoms with Crippen LogP contribution in [0.4, 0.5) is 0 Å². The van der Waals surface area contributed by atoms with Crippen LogP contribution in [0.5, 0.6) is 11.5 Å². The maximum atomic E-state index is 12.5. The van der Waals surface area contributed by atoms with Gasteiger partial charge in [-0.2, -0.15) is 10.5 Å². The number of nitriles is 2. The molecule has 1 aliphatic rings. The van der Waals surface area contributed by atoms with Crippen LogP contribution in [0, 0.1) is 22.7 Å². The molecule has 0 radical (unpaired) electrons. The highest BCUT2D eigenvalue weighted by molar-refractivity contribution is 6.14. The number of carbonyl (C=O) groups is 1. The van der Waals surface area contributed by atoms with E-state index in [1.54, 1.807) is 12.1 Å². The summed E-state index contributed by atoms with van der Waals surface area (Å²) in [7, 11) is 0. The summed E-state index contributed by atoms with van der Waals surface area (Å²) in [5, 5.41) is 27.9. The zero-order chi connectivity index (χ0) is 17.8. The summed E-state index contributed by atoms with van der Waals surface area (Å²) >= 11 is 0. The molecule has 25 heavy (non-hydrogen) atoms. The first kappa shape index (κ1) is 16.3. The third kappa shape index (κ3) is 3.23. The van der Waals surface area contributed by atoms with Gasteiger partial charge in [-0.1, -0.05) is 0 Å². The van der Waals surface area contributed by atoms with Gasteiger partial charge in [-0.15, -0.1) is 0 Å². The number of fused-ring (bicyclic) bond motifs is 1. The number of phenols is 1. The summed E-state index contributed by atoms with van der Waals surface area (Å²) < 4.78 is 10.9. The second kappa shape index (κ2) is 6.91. The molecule has 0 spiro atoms. The Balaban J connectivity index is 1.96. The van der Waals surface area contributed by atoms with Crippen molar-refractivity contribution in [3.63, 3.8) is 0 Å². The highest BCUT2D eigenvalue weighted by Gasteiger charge is 2.32. The van der Waals surface area contributed by atoms with Crippen molar-refractivity contribution in [3.8, 4) is 23.6 Å². The highest BCUT2D eigenvalue weighted by atomic mass is 16.5. The van der Waals surface area contributed by atoms with Gasteiger partial charge in [0.25, 0.3) is 0 Å². The van der Waals surface area contributed by atoms with Gasteiger partial charge in [-0.25, -0.2) is 0 Å². The number of carbonyl (C=O) groups excluding carboxylic acids is 1. The second-order valence-corrected chi connectivity index (χ2v) is 5.49. The number of hydrogen-bond acceptors (Lipinski definition) is 6. The molecular weight excluding hydrogens is 322 g/mol. The van der Waals surface area contributed by atoms with Crippen molar-refractivity contribution in [3.05, 3.63) is 53.2 Å². The number of allylic oxidation sites excluding steroid dienone is 1. The number of nitrogens with one attached hydrogen (secondary N) is 1. The third-order valence-electron chi connectivity index (χ3n) is 3.82. The Morgan fingerprint density at radius 1 is 1.20 bits per heavy atom. The average molecular weight is 336 g/mol. The zero-order valence-electron chi connectivity index (χ0n) is 13.2. The Kier molecular flexibility index (Phi) is 4.51. The van der Waals surface area contributed by atoms with Crippen molar-refractivity contribution in [2.75, 3.05) is 13.1 Å². The van der Waals surface area contributed by atoms with E-state index in [1.807, 2.05) is 12.1 Å². The van der Waals surface area contributed by atoms with Crippen LogP contribution in [-0.2, 0) is 6.54 Å². The Bertz CT molecular complexity index is 901. The van der Waals surface area contributed by atoms with Crippen LogP contribution in [-0.4, -0.2) is 24.0 Å². The number of Topliss-reactive ketones (excluding diaryl/α,β-unsaturated/α-hetero) is 1. The topological polar surface area (TPSA) is 112 Å². The van der Waals surface area contributed by atoms with E-state index in [1.165, 1.54) is 24.5 Å². The van der Waals surface area contributed by atoms with Crippen LogP contribution in [0.3, 0.4) is 0 Å². The normalized spacial score (nSPS) is 14.2. The number of ether oxygens (including phenoxy) is 1. The molecule has 3 rings (SSSR count). The van der Waals surface area contributed by atoms with E-state index in [4.69, 9.17) is 19.7 Å². The fourth-order valence-electron chi connectivity index (χ4n) is 2.63. The van der Waals surface area contributed by atoms with E-state index in [0.717, 1.165) is 0 Å². The zero-order valence-corrected chi connectivity index (χ0v) is 13.2. The number of furan rings is 1. The molecule has 0 amide bonds. The van der Waals surface area contributed by atoms with E-state index in [0.29, 0.717) is 21.8 Å². The van der Waals surface area contributed by atoms with Gasteiger partial charge in [0, 0.05) is 6.08 Å². The molecule has 124 valence electrons. The molecule has 0 fully saturated rings. The van der Waals surface area contributed by atoms with Crippen LogP contribution in [0.2, 0.25) is 0 Å². The molecule has 0 saturated heterocycles. The van der Waals surface area contributed by atoms with Gasteiger partial charge >= 0.3 is 0 Å². The molecule has 2 heterocycles. The van der Waals surface area contributed by atoms with E-state index >= 15 is 0 Å². The molecule has 0 bridgehead atoms. The Morgan fingerprint density at radius 2 is 1.96 bits per heavy atom. The fraction of sp³-hybridized carbons (Fsp3) is 0.167. The lowest BCUT2D eigenvalue weighted by molar-refractivity contribution is -0.899. The predicted molar refractivity (Wildman–Crippen MR) is 85.4 cm³/mol. The van der Waals surface area contributed by atoms with Gasteiger partial charge in [-0.3, -0.25) is 4.79 Å². The Hall–Kier alpha value is -3.55. The van der Waals surface area contributed by atoms with Gasteiger partial charge in [-0.05, 0) is 24.3 Å². The van der Waals surface area contributed by atoms with Crippen LogP contribution in [0.1, 0.15) is 21.7 Å². The van der Waals surface area contributed by atoms with Crippen molar-refractivity contribution in [2.24, 2.45) is 0 Å². The van der Waals surface area contributed by atoms with Gasteiger partial charge in [0.15, 0.2) is 24.6 Å². The maximum Gasteiger partial charge on any atom is 0.232 e. The first-order chi connectivity index (χ1) is 12.1. The van der Waals surface area contributed by atoms with E-state index in [2.05, 4.69) is 0 Å². The highest BCUT2D eigenvalue weighted by Crippen LogP contribution is 2.39. The van der Waals surface area contributed by atoms with Gasteiger partial charge in [0.1, 0.15) is 30.2 Å². The fourth-order valence-corrected chi connectivity index (χ4v) is 2.63. The molecule has 0 unspecified atom stereocenters. The maximum absolute atomic E-state index is 12.5. The average Bonchev–Trinajstić information content (AvgIpc) is 3.20. The first-order valence-electron chi connectivity index (χ1n) is 7.54. The van der Waals surface area contributed by atoms with E-state index in [-0.39, 0.29) is 42.7 Å². The lowest BCUT2D eigenvalue weighted by Crippen LogP contribution is -3.10. The molecule has 2 N–H and O–H groups in total. The van der Waals surface area contributed by atoms with Crippen molar-refractivity contribution in [1.82, 2.24) is 0 Å². The number of nitrogens with zero attached hydrogens (tertiary/aromatic N) is 2. The van der Waals surface area contributed by atoms with E-state index < -0.39 is 0 Å². The summed E-state index contributed by atoms with van der Waals surface area (Å²) in [6, 6.07) is 10.3. The van der Waals surface area contributed by atoms with Gasteiger partial charge < -0.3 is 19.2 Å². The molecule has 1 aromatic carbocycles. The summed E-state index contributed by atoms with van der Waals surface area (Å²) in [5.74, 6) is 0.479. The lowest BCUT2D eigenvalue weighted by Gasteiger charge is -2.15. The third-order valence-corrected chi connectivity index (χ3v) is 3.82. The number of rotatable bonds is 5. The number of quaternary nitrogens is 1. The van der Waals surface area contributed by atoms with Crippen molar-refractivity contribution >= 4 is 11.9 Å². The minimum absolute atomic E-state index is 0.0424. The van der Waals surface area contributed by atoms with Crippen molar-refractivity contribution in [2.45, 2.75) is 6.54 Å². The molecule has 2 aromatic rings. The first-order valence-corrected chi connectivity index (χ1v) is 7.54. The summed E-state index contributed by atoms with van der Waals surface area (Å²) in [6.07, 6.45) is 2.97. The summed E-state index contributed by atoms with van der Waals surface area (Å²) in [5.41, 5.74) is 0.730. The second-order valence-electron chi connectivity index (χ2n) is 5.49. The molecule has 7 heteroatoms. The van der Waals surface area contributed by atoms with Crippen LogP contribution in [0.25, 0.3) is 6.08 Å². The SMILES string of the molecule is N#CC[NH+](CC#N)Cc1c(O)ccc2c1O/C(=C/c1ccco1)C2=O. The van der Waals surface area contributed by atoms with Crippen LogP contribution in [0.15, 0.2) is 40.7 Å². The molecule has 1 aliphatic heterocycles. The number of phenolic OH excluding ortho intramolecular Hbond substituents is 1. The molecular formula is C18H14N3O4+. The van der Waals surface area contributed by atoms with Crippen molar-refractivity contribution < 1.29 is 24.0 Å². The Labute approximate surface area is 143 Å². The monoisotopic (exact) mass is 336 g/mol. The summed E-state index contributed by atoms with van der Waals surface area (Å²) in [6.45, 7) is 0.386.